The van der Waals surface area contributed by atoms with Crippen molar-refractivity contribution in [3.8, 4) is 0 Å². The van der Waals surface area contributed by atoms with E-state index in [2.05, 4.69) is 10.1 Å². The predicted octanol–water partition coefficient (Wildman–Crippen LogP) is 2.53. The van der Waals surface area contributed by atoms with Gasteiger partial charge in [-0.25, -0.2) is 4.98 Å². The summed E-state index contributed by atoms with van der Waals surface area (Å²) in [6, 6.07) is 1.56. The SMILES string of the molecule is Cc1cc(C(=O)N(C)C[C@H]2CCc3nc(C(F)(F)F)cn3C2)no1. The fraction of sp³-hybridized carbons (Fsp3) is 0.533. The van der Waals surface area contributed by atoms with Crippen LogP contribution in [0.4, 0.5) is 13.2 Å². The van der Waals surface area contributed by atoms with E-state index in [9.17, 15) is 18.0 Å². The highest BCUT2D eigenvalue weighted by Gasteiger charge is 2.36. The van der Waals surface area contributed by atoms with Gasteiger partial charge in [-0.3, -0.25) is 4.79 Å². The fourth-order valence-corrected chi connectivity index (χ4v) is 2.93. The molecule has 6 nitrogen and oxygen atoms in total. The van der Waals surface area contributed by atoms with Gasteiger partial charge in [-0.05, 0) is 19.3 Å². The molecule has 0 spiro atoms. The van der Waals surface area contributed by atoms with Crippen molar-refractivity contribution >= 4 is 5.91 Å². The number of carbonyl (C=O) groups is 1. The van der Waals surface area contributed by atoms with Crippen LogP contribution in [0.25, 0.3) is 0 Å². The van der Waals surface area contributed by atoms with Crippen molar-refractivity contribution < 1.29 is 22.5 Å². The molecule has 1 aliphatic heterocycles. The molecule has 3 heterocycles. The summed E-state index contributed by atoms with van der Waals surface area (Å²) < 4.78 is 44.6. The lowest BCUT2D eigenvalue weighted by atomic mass is 9.99. The van der Waals surface area contributed by atoms with Crippen LogP contribution in [0.1, 0.15) is 34.2 Å². The van der Waals surface area contributed by atoms with Crippen LogP contribution in [0.3, 0.4) is 0 Å². The maximum Gasteiger partial charge on any atom is 0.434 e. The number of fused-ring (bicyclic) bond motifs is 1. The second-order valence-corrected chi connectivity index (χ2v) is 6.11. The number of rotatable bonds is 3. The van der Waals surface area contributed by atoms with Crippen molar-refractivity contribution in [3.63, 3.8) is 0 Å². The zero-order chi connectivity index (χ0) is 17.5. The number of halogens is 3. The summed E-state index contributed by atoms with van der Waals surface area (Å²) in [5.74, 6) is 0.792. The van der Waals surface area contributed by atoms with Crippen LogP contribution >= 0.6 is 0 Å². The minimum Gasteiger partial charge on any atom is -0.361 e. The van der Waals surface area contributed by atoms with Gasteiger partial charge in [0.25, 0.3) is 5.91 Å². The number of alkyl halides is 3. The van der Waals surface area contributed by atoms with E-state index in [-0.39, 0.29) is 17.5 Å². The summed E-state index contributed by atoms with van der Waals surface area (Å²) in [4.78, 5) is 17.4. The summed E-state index contributed by atoms with van der Waals surface area (Å²) in [5.41, 5.74) is -0.630. The van der Waals surface area contributed by atoms with Gasteiger partial charge in [-0.15, -0.1) is 0 Å². The van der Waals surface area contributed by atoms with Gasteiger partial charge in [-0.2, -0.15) is 13.2 Å². The third kappa shape index (κ3) is 3.29. The van der Waals surface area contributed by atoms with Crippen molar-refractivity contribution in [1.29, 1.82) is 0 Å². The van der Waals surface area contributed by atoms with Crippen LogP contribution in [-0.4, -0.2) is 39.1 Å². The lowest BCUT2D eigenvalue weighted by molar-refractivity contribution is -0.141. The summed E-state index contributed by atoms with van der Waals surface area (Å²) in [6.07, 6.45) is -2.24. The van der Waals surface area contributed by atoms with Crippen molar-refractivity contribution in [2.75, 3.05) is 13.6 Å². The molecule has 0 fully saturated rings. The summed E-state index contributed by atoms with van der Waals surface area (Å²) in [7, 11) is 1.65. The zero-order valence-electron chi connectivity index (χ0n) is 13.3. The van der Waals surface area contributed by atoms with Crippen LogP contribution in [0.15, 0.2) is 16.8 Å². The smallest absolute Gasteiger partial charge is 0.361 e. The number of hydrogen-bond acceptors (Lipinski definition) is 4. The van der Waals surface area contributed by atoms with Gasteiger partial charge in [0.05, 0.1) is 0 Å². The standard InChI is InChI=1S/C15H17F3N4O2/c1-9-5-11(20-24-9)14(23)21(2)6-10-3-4-13-19-12(15(16,17)18)8-22(13)7-10/h5,8,10H,3-4,6-7H2,1-2H3/t10-/m1/s1. The molecule has 9 heteroatoms. The molecule has 130 valence electrons. The van der Waals surface area contributed by atoms with E-state index in [0.29, 0.717) is 37.5 Å². The van der Waals surface area contributed by atoms with E-state index in [1.807, 2.05) is 0 Å². The Morgan fingerprint density at radius 1 is 1.50 bits per heavy atom. The normalized spacial score (nSPS) is 17.6. The molecule has 0 saturated heterocycles. The molecule has 1 aliphatic rings. The van der Waals surface area contributed by atoms with E-state index in [0.717, 1.165) is 6.20 Å². The maximum atomic E-state index is 12.7. The molecule has 0 unspecified atom stereocenters. The lowest BCUT2D eigenvalue weighted by Gasteiger charge is -2.27. The van der Waals surface area contributed by atoms with Gasteiger partial charge in [0.2, 0.25) is 0 Å². The molecule has 0 bridgehead atoms. The zero-order valence-corrected chi connectivity index (χ0v) is 13.3. The Kier molecular flexibility index (Phi) is 4.10. The highest BCUT2D eigenvalue weighted by Crippen LogP contribution is 2.30. The van der Waals surface area contributed by atoms with Crippen LogP contribution in [-0.2, 0) is 19.1 Å². The van der Waals surface area contributed by atoms with Crippen molar-refractivity contribution in [2.24, 2.45) is 5.92 Å². The van der Waals surface area contributed by atoms with Gasteiger partial charge >= 0.3 is 6.18 Å². The minimum absolute atomic E-state index is 0.0646. The summed E-state index contributed by atoms with van der Waals surface area (Å²) >= 11 is 0. The topological polar surface area (TPSA) is 64.2 Å². The Morgan fingerprint density at radius 3 is 2.88 bits per heavy atom. The molecule has 0 radical (unpaired) electrons. The lowest BCUT2D eigenvalue weighted by Crippen LogP contribution is -2.35. The number of imidazole rings is 1. The Morgan fingerprint density at radius 2 is 2.25 bits per heavy atom. The van der Waals surface area contributed by atoms with Gasteiger partial charge in [0, 0.05) is 38.8 Å². The predicted molar refractivity (Wildman–Crippen MR) is 77.2 cm³/mol. The monoisotopic (exact) mass is 342 g/mol. The third-order valence-corrected chi connectivity index (χ3v) is 4.11. The molecular weight excluding hydrogens is 325 g/mol. The van der Waals surface area contributed by atoms with Gasteiger partial charge < -0.3 is 14.0 Å². The molecule has 0 aromatic carbocycles. The first kappa shape index (κ1) is 16.5. The quantitative estimate of drug-likeness (QED) is 0.860. The number of hydrogen-bond donors (Lipinski definition) is 0. The first-order valence-corrected chi connectivity index (χ1v) is 7.56. The molecule has 2 aromatic rings. The molecule has 1 amide bonds. The fourth-order valence-electron chi connectivity index (χ4n) is 2.93. The van der Waals surface area contributed by atoms with E-state index < -0.39 is 11.9 Å². The van der Waals surface area contributed by atoms with Gasteiger partial charge in [0.15, 0.2) is 11.4 Å². The molecule has 0 saturated carbocycles. The molecule has 0 aliphatic carbocycles. The van der Waals surface area contributed by atoms with Crippen LogP contribution in [0.2, 0.25) is 0 Å². The van der Waals surface area contributed by atoms with Gasteiger partial charge in [-0.1, -0.05) is 5.16 Å². The second-order valence-electron chi connectivity index (χ2n) is 6.11. The Bertz CT molecular complexity index is 750. The molecule has 0 N–H and O–H groups in total. The highest BCUT2D eigenvalue weighted by atomic mass is 19.4. The van der Waals surface area contributed by atoms with Crippen LogP contribution in [0, 0.1) is 12.8 Å². The minimum atomic E-state index is -4.43. The largest absolute Gasteiger partial charge is 0.434 e. The first-order valence-electron chi connectivity index (χ1n) is 7.56. The number of amides is 1. The number of carbonyl (C=O) groups excluding carboxylic acids is 1. The number of nitrogens with zero attached hydrogens (tertiary/aromatic N) is 4. The molecule has 24 heavy (non-hydrogen) atoms. The Balaban J connectivity index is 1.65. The van der Waals surface area contributed by atoms with Crippen LogP contribution in [0.5, 0.6) is 0 Å². The summed E-state index contributed by atoms with van der Waals surface area (Å²) in [5, 5.41) is 3.69. The average Bonchev–Trinajstić information content (AvgIpc) is 3.11. The highest BCUT2D eigenvalue weighted by molar-refractivity contribution is 5.92. The molecule has 1 atom stereocenters. The van der Waals surface area contributed by atoms with E-state index >= 15 is 0 Å². The number of aryl methyl sites for hydroxylation is 2. The van der Waals surface area contributed by atoms with Crippen molar-refractivity contribution in [2.45, 2.75) is 32.5 Å². The molecule has 2 aromatic heterocycles. The van der Waals surface area contributed by atoms with Crippen molar-refractivity contribution in [3.05, 3.63) is 35.2 Å². The van der Waals surface area contributed by atoms with E-state index in [4.69, 9.17) is 4.52 Å². The number of aromatic nitrogens is 3. The Hall–Kier alpha value is -2.32. The second kappa shape index (κ2) is 5.95. The molecule has 3 rings (SSSR count). The summed E-state index contributed by atoms with van der Waals surface area (Å²) in [6.45, 7) is 2.54. The molecular formula is C15H17F3N4O2. The van der Waals surface area contributed by atoms with E-state index in [1.165, 1.54) is 9.47 Å². The Labute approximate surface area is 136 Å². The maximum absolute atomic E-state index is 12.7. The van der Waals surface area contributed by atoms with Crippen LogP contribution < -0.4 is 0 Å². The average molecular weight is 342 g/mol. The van der Waals surface area contributed by atoms with Crippen molar-refractivity contribution in [1.82, 2.24) is 19.6 Å². The van der Waals surface area contributed by atoms with Gasteiger partial charge in [0.1, 0.15) is 11.6 Å². The third-order valence-electron chi connectivity index (χ3n) is 4.11. The first-order chi connectivity index (χ1) is 11.2. The van der Waals surface area contributed by atoms with E-state index in [1.54, 1.807) is 20.0 Å².